The maximum atomic E-state index is 13.3. The van der Waals surface area contributed by atoms with E-state index >= 15 is 0 Å². The molecule has 6 heteroatoms. The fourth-order valence-electron chi connectivity index (χ4n) is 3.67. The lowest BCUT2D eigenvalue weighted by atomic mass is 9.94. The van der Waals surface area contributed by atoms with Gasteiger partial charge in [0.25, 0.3) is 0 Å². The predicted octanol–water partition coefficient (Wildman–Crippen LogP) is 1.61. The number of benzene rings is 1. The van der Waals surface area contributed by atoms with E-state index < -0.39 is 5.54 Å². The molecule has 2 fully saturated rings. The van der Waals surface area contributed by atoms with Gasteiger partial charge in [-0.25, -0.2) is 0 Å². The molecule has 1 unspecified atom stereocenters. The number of rotatable bonds is 5. The second-order valence-corrected chi connectivity index (χ2v) is 6.62. The molecule has 1 aliphatic carbocycles. The van der Waals surface area contributed by atoms with E-state index in [1.54, 1.807) is 7.11 Å². The molecule has 0 spiro atoms. The van der Waals surface area contributed by atoms with Gasteiger partial charge in [-0.15, -0.1) is 0 Å². The number of hydrogen-bond donors (Lipinski definition) is 2. The molecule has 1 aromatic carbocycles. The maximum Gasteiger partial charge on any atom is 0.248 e. The van der Waals surface area contributed by atoms with E-state index in [4.69, 9.17) is 15.2 Å². The van der Waals surface area contributed by atoms with Crippen molar-refractivity contribution in [3.63, 3.8) is 0 Å². The number of anilines is 1. The van der Waals surface area contributed by atoms with Crippen molar-refractivity contribution in [1.29, 1.82) is 0 Å². The van der Waals surface area contributed by atoms with Gasteiger partial charge in [-0.1, -0.05) is 12.8 Å². The number of nitrogens with two attached hydrogens (primary N) is 1. The van der Waals surface area contributed by atoms with Crippen LogP contribution in [0.1, 0.15) is 25.7 Å². The van der Waals surface area contributed by atoms with E-state index in [2.05, 4.69) is 5.32 Å². The minimum Gasteiger partial charge on any atom is -0.497 e. The molecule has 0 bridgehead atoms. The first kappa shape index (κ1) is 17.0. The summed E-state index contributed by atoms with van der Waals surface area (Å²) in [6, 6.07) is 7.76. The summed E-state index contributed by atoms with van der Waals surface area (Å²) in [5.41, 5.74) is 6.16. The standard InChI is InChI=1S/C18H27N3O3/c1-23-15-6-4-14(5-7-15)20-18(8-2-3-9-18)17(22)21-10-11-24-16(12-19)13-21/h4-7,16,20H,2-3,8-13,19H2,1H3. The number of nitrogens with one attached hydrogen (secondary N) is 1. The molecule has 2 aliphatic rings. The van der Waals surface area contributed by atoms with Crippen molar-refractivity contribution < 1.29 is 14.3 Å². The molecule has 1 atom stereocenters. The third-order valence-corrected chi connectivity index (χ3v) is 5.03. The highest BCUT2D eigenvalue weighted by atomic mass is 16.5. The van der Waals surface area contributed by atoms with Crippen LogP contribution >= 0.6 is 0 Å². The average Bonchev–Trinajstić information content (AvgIpc) is 3.11. The van der Waals surface area contributed by atoms with E-state index in [1.807, 2.05) is 29.2 Å². The van der Waals surface area contributed by atoms with Gasteiger partial charge in [0, 0.05) is 25.3 Å². The Morgan fingerprint density at radius 2 is 2.08 bits per heavy atom. The number of carbonyl (C=O) groups is 1. The van der Waals surface area contributed by atoms with Crippen LogP contribution in [0.3, 0.4) is 0 Å². The minimum absolute atomic E-state index is 0.0536. The summed E-state index contributed by atoms with van der Waals surface area (Å²) in [5, 5.41) is 3.52. The Morgan fingerprint density at radius 3 is 2.71 bits per heavy atom. The quantitative estimate of drug-likeness (QED) is 0.856. The van der Waals surface area contributed by atoms with E-state index in [1.165, 1.54) is 0 Å². The van der Waals surface area contributed by atoms with E-state index in [0.29, 0.717) is 26.2 Å². The lowest BCUT2D eigenvalue weighted by Crippen LogP contribution is -2.57. The van der Waals surface area contributed by atoms with Gasteiger partial charge < -0.3 is 25.4 Å². The van der Waals surface area contributed by atoms with Gasteiger partial charge in [-0.2, -0.15) is 0 Å². The summed E-state index contributed by atoms with van der Waals surface area (Å²) >= 11 is 0. The highest BCUT2D eigenvalue weighted by molar-refractivity contribution is 5.90. The number of amides is 1. The van der Waals surface area contributed by atoms with E-state index in [0.717, 1.165) is 37.1 Å². The Balaban J connectivity index is 1.75. The predicted molar refractivity (Wildman–Crippen MR) is 93.2 cm³/mol. The Labute approximate surface area is 143 Å². The molecule has 132 valence electrons. The number of ether oxygens (including phenoxy) is 2. The van der Waals surface area contributed by atoms with Crippen LogP contribution in [0, 0.1) is 0 Å². The minimum atomic E-state index is -0.509. The molecule has 1 aromatic rings. The highest BCUT2D eigenvalue weighted by Gasteiger charge is 2.44. The van der Waals surface area contributed by atoms with E-state index in [-0.39, 0.29) is 12.0 Å². The summed E-state index contributed by atoms with van der Waals surface area (Å²) in [5.74, 6) is 0.990. The Kier molecular flexibility index (Phi) is 5.26. The summed E-state index contributed by atoms with van der Waals surface area (Å²) in [4.78, 5) is 15.2. The van der Waals surface area contributed by atoms with Gasteiger partial charge in [-0.05, 0) is 37.1 Å². The van der Waals surface area contributed by atoms with Crippen molar-refractivity contribution in [3.05, 3.63) is 24.3 Å². The molecule has 1 saturated carbocycles. The normalized spacial score (nSPS) is 23.1. The lowest BCUT2D eigenvalue weighted by Gasteiger charge is -2.39. The lowest BCUT2D eigenvalue weighted by molar-refractivity contribution is -0.143. The van der Waals surface area contributed by atoms with Crippen LogP contribution in [-0.2, 0) is 9.53 Å². The summed E-state index contributed by atoms with van der Waals surface area (Å²) in [6.07, 6.45) is 3.81. The molecule has 3 N–H and O–H groups in total. The largest absolute Gasteiger partial charge is 0.497 e. The average molecular weight is 333 g/mol. The first-order chi connectivity index (χ1) is 11.7. The molecular weight excluding hydrogens is 306 g/mol. The fraction of sp³-hybridized carbons (Fsp3) is 0.611. The third kappa shape index (κ3) is 3.49. The zero-order valence-electron chi connectivity index (χ0n) is 14.3. The highest BCUT2D eigenvalue weighted by Crippen LogP contribution is 2.35. The topological polar surface area (TPSA) is 76.8 Å². The van der Waals surface area contributed by atoms with Crippen LogP contribution in [0.15, 0.2) is 24.3 Å². The van der Waals surface area contributed by atoms with Crippen molar-refractivity contribution in [3.8, 4) is 5.75 Å². The van der Waals surface area contributed by atoms with Gasteiger partial charge in [0.05, 0.1) is 19.8 Å². The van der Waals surface area contributed by atoms with E-state index in [9.17, 15) is 4.79 Å². The zero-order valence-corrected chi connectivity index (χ0v) is 14.3. The number of morpholine rings is 1. The van der Waals surface area contributed by atoms with Gasteiger partial charge >= 0.3 is 0 Å². The number of carbonyl (C=O) groups excluding carboxylic acids is 1. The Morgan fingerprint density at radius 1 is 1.38 bits per heavy atom. The summed E-state index contributed by atoms with van der Waals surface area (Å²) in [7, 11) is 1.65. The van der Waals surface area contributed by atoms with Crippen LogP contribution < -0.4 is 15.8 Å². The zero-order chi connectivity index (χ0) is 17.0. The second kappa shape index (κ2) is 7.40. The van der Waals surface area contributed by atoms with Gasteiger partial charge in [0.1, 0.15) is 11.3 Å². The fourth-order valence-corrected chi connectivity index (χ4v) is 3.67. The van der Waals surface area contributed by atoms with Crippen molar-refractivity contribution in [2.75, 3.05) is 38.7 Å². The molecule has 3 rings (SSSR count). The molecule has 0 aromatic heterocycles. The first-order valence-corrected chi connectivity index (χ1v) is 8.70. The third-order valence-electron chi connectivity index (χ3n) is 5.03. The summed E-state index contributed by atoms with van der Waals surface area (Å²) < 4.78 is 10.8. The van der Waals surface area contributed by atoms with Crippen molar-refractivity contribution in [2.24, 2.45) is 5.73 Å². The van der Waals surface area contributed by atoms with Crippen molar-refractivity contribution >= 4 is 11.6 Å². The molecule has 6 nitrogen and oxygen atoms in total. The number of nitrogens with zero attached hydrogens (tertiary/aromatic N) is 1. The van der Waals surface area contributed by atoms with Crippen LogP contribution in [-0.4, -0.2) is 55.8 Å². The molecule has 24 heavy (non-hydrogen) atoms. The van der Waals surface area contributed by atoms with Gasteiger partial charge in [0.15, 0.2) is 0 Å². The molecule has 1 heterocycles. The van der Waals surface area contributed by atoms with Crippen molar-refractivity contribution in [1.82, 2.24) is 4.90 Å². The Hall–Kier alpha value is -1.79. The maximum absolute atomic E-state index is 13.3. The smallest absolute Gasteiger partial charge is 0.248 e. The van der Waals surface area contributed by atoms with Gasteiger partial charge in [-0.3, -0.25) is 4.79 Å². The Bertz CT molecular complexity index is 555. The van der Waals surface area contributed by atoms with Crippen LogP contribution in [0.2, 0.25) is 0 Å². The number of hydrogen-bond acceptors (Lipinski definition) is 5. The van der Waals surface area contributed by atoms with Crippen LogP contribution in [0.25, 0.3) is 0 Å². The SMILES string of the molecule is COc1ccc(NC2(C(=O)N3CCOC(CN)C3)CCCC2)cc1. The monoisotopic (exact) mass is 333 g/mol. The first-order valence-electron chi connectivity index (χ1n) is 8.70. The van der Waals surface area contributed by atoms with Crippen LogP contribution in [0.4, 0.5) is 5.69 Å². The molecular formula is C18H27N3O3. The molecule has 1 aliphatic heterocycles. The van der Waals surface area contributed by atoms with Crippen molar-refractivity contribution in [2.45, 2.75) is 37.3 Å². The second-order valence-electron chi connectivity index (χ2n) is 6.62. The molecule has 1 saturated heterocycles. The van der Waals surface area contributed by atoms with Gasteiger partial charge in [0.2, 0.25) is 5.91 Å². The molecule has 1 amide bonds. The molecule has 0 radical (unpaired) electrons. The number of methoxy groups -OCH3 is 1. The summed E-state index contributed by atoms with van der Waals surface area (Å²) in [6.45, 7) is 2.23. The van der Waals surface area contributed by atoms with Crippen LogP contribution in [0.5, 0.6) is 5.75 Å².